The molecule has 0 radical (unpaired) electrons. The number of hydrogen-bond acceptors (Lipinski definition) is 3. The maximum Gasteiger partial charge on any atom is 1.00 e. The molecular weight excluding hydrogens is 221 g/mol. The van der Waals surface area contributed by atoms with Crippen LogP contribution in [-0.4, -0.2) is 31.3 Å². The van der Waals surface area contributed by atoms with Crippen LogP contribution in [0.1, 0.15) is 33.6 Å². The number of rotatable bonds is 3. The van der Waals surface area contributed by atoms with Crippen molar-refractivity contribution in [3.05, 3.63) is 0 Å². The molecule has 6 heteroatoms. The Hall–Kier alpha value is 0.177. The zero-order valence-corrected chi connectivity index (χ0v) is 11.0. The second-order valence-corrected chi connectivity index (χ2v) is 7.46. The van der Waals surface area contributed by atoms with Crippen molar-refractivity contribution < 1.29 is 33.0 Å². The zero-order valence-electron chi connectivity index (χ0n) is 10.2. The summed E-state index contributed by atoms with van der Waals surface area (Å²) in [7, 11) is -1.23. The number of carboxylic acids is 1. The first kappa shape index (κ1) is 14.2. The first-order valence-electron chi connectivity index (χ1n) is 5.25. The van der Waals surface area contributed by atoms with Crippen LogP contribution >= 0.6 is 0 Å². The Labute approximate surface area is 111 Å². The molecule has 86 valence electrons. The topological polar surface area (TPSA) is 60.2 Å². The van der Waals surface area contributed by atoms with Crippen LogP contribution in [-0.2, 0) is 15.8 Å². The van der Waals surface area contributed by atoms with Crippen molar-refractivity contribution in [2.75, 3.05) is 0 Å². The van der Waals surface area contributed by atoms with E-state index in [2.05, 4.69) is 0 Å². The molecule has 0 bridgehead atoms. The van der Waals surface area contributed by atoms with Gasteiger partial charge < -0.3 is 9.90 Å². The van der Waals surface area contributed by atoms with Crippen LogP contribution in [0, 0.1) is 5.92 Å². The van der Waals surface area contributed by atoms with Gasteiger partial charge in [-0.2, -0.15) is 0 Å². The van der Waals surface area contributed by atoms with Gasteiger partial charge >= 0.3 is 18.9 Å². The summed E-state index contributed by atoms with van der Waals surface area (Å²) in [4.78, 5) is 10.9. The van der Waals surface area contributed by atoms with Crippen LogP contribution in [0.15, 0.2) is 0 Å². The maximum atomic E-state index is 12.0. The van der Waals surface area contributed by atoms with Gasteiger partial charge in [0.2, 0.25) is 0 Å². The van der Waals surface area contributed by atoms with Gasteiger partial charge in [0.1, 0.15) is 11.0 Å². The number of carbonyl (C=O) groups is 1. The number of carbonyl (C=O) groups excluding carboxylic acids is 1. The van der Waals surface area contributed by atoms with Crippen LogP contribution in [0.3, 0.4) is 0 Å². The quantitative estimate of drug-likeness (QED) is 0.381. The summed E-state index contributed by atoms with van der Waals surface area (Å²) in [5, 5.41) is 10.9. The Kier molecular flexibility index (Phi) is 3.96. The van der Waals surface area contributed by atoms with Gasteiger partial charge in [0, 0.05) is 6.04 Å². The van der Waals surface area contributed by atoms with E-state index in [0.29, 0.717) is 5.92 Å². The van der Waals surface area contributed by atoms with E-state index in [-0.39, 0.29) is 24.9 Å². The van der Waals surface area contributed by atoms with Gasteiger partial charge in [-0.05, 0) is 39.5 Å². The Morgan fingerprint density at radius 2 is 1.88 bits per heavy atom. The number of nitrogens with zero attached hydrogens (tertiary/aromatic N) is 1. The van der Waals surface area contributed by atoms with E-state index in [1.54, 1.807) is 4.31 Å². The summed E-state index contributed by atoms with van der Waals surface area (Å²) in [5.41, 5.74) is 0. The van der Waals surface area contributed by atoms with Crippen LogP contribution in [0.25, 0.3) is 0 Å². The van der Waals surface area contributed by atoms with Gasteiger partial charge in [0.25, 0.3) is 0 Å². The molecule has 0 aromatic rings. The van der Waals surface area contributed by atoms with Crippen molar-refractivity contribution in [1.82, 2.24) is 4.31 Å². The fourth-order valence-corrected chi connectivity index (χ4v) is 3.41. The molecule has 0 spiro atoms. The van der Waals surface area contributed by atoms with Crippen LogP contribution in [0.4, 0.5) is 0 Å². The minimum Gasteiger partial charge on any atom is -0.548 e. The second-order valence-electron chi connectivity index (χ2n) is 5.31. The average Bonchev–Trinajstić information content (AvgIpc) is 2.94. The largest absolute Gasteiger partial charge is 1.00 e. The third-order valence-electron chi connectivity index (χ3n) is 2.86. The van der Waals surface area contributed by atoms with Crippen molar-refractivity contribution in [3.63, 3.8) is 0 Å². The first-order chi connectivity index (χ1) is 6.84. The molecule has 0 aromatic carbocycles. The van der Waals surface area contributed by atoms with Gasteiger partial charge in [-0.25, -0.2) is 8.51 Å². The van der Waals surface area contributed by atoms with Crippen molar-refractivity contribution in [2.45, 2.75) is 50.4 Å². The Morgan fingerprint density at radius 1 is 1.38 bits per heavy atom. The number of hydrogen-bond donors (Lipinski definition) is 0. The Balaban J connectivity index is 0.00000128. The van der Waals surface area contributed by atoms with Crippen molar-refractivity contribution in [3.8, 4) is 0 Å². The molecule has 4 unspecified atom stereocenters. The van der Waals surface area contributed by atoms with E-state index < -0.39 is 27.7 Å². The Morgan fingerprint density at radius 3 is 2.19 bits per heavy atom. The van der Waals surface area contributed by atoms with E-state index in [9.17, 15) is 14.1 Å². The molecule has 1 saturated carbocycles. The second kappa shape index (κ2) is 4.45. The molecule has 2 aliphatic rings. The fraction of sp³-hybridized carbons (Fsp3) is 0.900. The molecule has 2 fully saturated rings. The van der Waals surface area contributed by atoms with Crippen LogP contribution in [0.2, 0.25) is 0 Å². The monoisotopic (exact) mass is 237 g/mol. The van der Waals surface area contributed by atoms with Crippen molar-refractivity contribution in [1.29, 1.82) is 0 Å². The minimum atomic E-state index is -1.23. The van der Waals surface area contributed by atoms with Gasteiger partial charge in [-0.1, -0.05) is 0 Å². The van der Waals surface area contributed by atoms with Crippen molar-refractivity contribution >= 4 is 17.0 Å². The molecule has 4 atom stereocenters. The molecule has 1 aliphatic heterocycles. The minimum absolute atomic E-state index is 0. The summed E-state index contributed by atoms with van der Waals surface area (Å²) < 4.78 is 13.2. The molecule has 0 aromatic heterocycles. The van der Waals surface area contributed by atoms with E-state index in [4.69, 9.17) is 0 Å². The van der Waals surface area contributed by atoms with Gasteiger partial charge in [0.15, 0.2) is 0 Å². The number of carboxylic acid groups (broad SMARTS) is 1. The molecule has 0 N–H and O–H groups in total. The third kappa shape index (κ3) is 2.53. The summed E-state index contributed by atoms with van der Waals surface area (Å²) >= 11 is 0. The van der Waals surface area contributed by atoms with E-state index in [1.807, 2.05) is 20.8 Å². The fourth-order valence-electron chi connectivity index (χ4n) is 1.91. The number of aliphatic carboxylic acids is 1. The predicted molar refractivity (Wildman–Crippen MR) is 55.0 cm³/mol. The van der Waals surface area contributed by atoms with Gasteiger partial charge in [-0.15, -0.1) is 0 Å². The SMILES string of the molecule is CC(C)(C)S(=O)N1C(C(=O)[O-])C1C1CC1.[Li+]. The molecule has 2 rings (SSSR count). The van der Waals surface area contributed by atoms with Crippen LogP contribution < -0.4 is 24.0 Å². The van der Waals surface area contributed by atoms with Crippen molar-refractivity contribution in [2.24, 2.45) is 5.92 Å². The summed E-state index contributed by atoms with van der Waals surface area (Å²) in [6, 6.07) is -0.646. The van der Waals surface area contributed by atoms with E-state index in [0.717, 1.165) is 12.8 Å². The predicted octanol–water partition coefficient (Wildman–Crippen LogP) is -3.33. The van der Waals surface area contributed by atoms with E-state index in [1.165, 1.54) is 0 Å². The summed E-state index contributed by atoms with van der Waals surface area (Å²) in [6.45, 7) is 5.58. The molecule has 0 amide bonds. The van der Waals surface area contributed by atoms with Gasteiger partial charge in [-0.3, -0.25) is 0 Å². The molecule has 1 aliphatic carbocycles. The molecule has 4 nitrogen and oxygen atoms in total. The summed E-state index contributed by atoms with van der Waals surface area (Å²) in [5.74, 6) is -0.649. The standard InChI is InChI=1S/C10H17NO3S.Li/c1-10(2,3)15(14)11-7(6-4-5-6)8(11)9(12)13;/h6-8H,4-5H2,1-3H3,(H,12,13);/q;+1/p-1. The normalized spacial score (nSPS) is 35.1. The van der Waals surface area contributed by atoms with Crippen LogP contribution in [0.5, 0.6) is 0 Å². The van der Waals surface area contributed by atoms with Gasteiger partial charge in [0.05, 0.1) is 16.8 Å². The van der Waals surface area contributed by atoms with E-state index >= 15 is 0 Å². The average molecular weight is 237 g/mol. The summed E-state index contributed by atoms with van der Waals surface area (Å²) in [6.07, 6.45) is 2.12. The maximum absolute atomic E-state index is 12.0. The zero-order chi connectivity index (χ0) is 11.4. The molecule has 1 heterocycles. The Bertz CT molecular complexity index is 325. The third-order valence-corrected chi connectivity index (χ3v) is 4.76. The molecule has 1 saturated heterocycles. The molecular formula is C10H16LiNO3S. The molecule has 16 heavy (non-hydrogen) atoms. The smallest absolute Gasteiger partial charge is 0.548 e. The first-order valence-corrected chi connectivity index (χ1v) is 6.36.